The number of likely N-dealkylation sites (tertiary alicyclic amines) is 1. The summed E-state index contributed by atoms with van der Waals surface area (Å²) in [4.78, 5) is 18.9. The van der Waals surface area contributed by atoms with E-state index in [2.05, 4.69) is 10.3 Å². The molecule has 4 rings (SSSR count). The van der Waals surface area contributed by atoms with Crippen molar-refractivity contribution in [2.45, 2.75) is 50.5 Å². The number of carbonyl (C=O) groups excluding carboxylic acids is 1. The maximum atomic E-state index is 12.4. The molecule has 1 saturated heterocycles. The van der Waals surface area contributed by atoms with Crippen molar-refractivity contribution >= 4 is 17.1 Å². The number of benzene rings is 1. The molecule has 2 fully saturated rings. The van der Waals surface area contributed by atoms with Gasteiger partial charge in [0.2, 0.25) is 0 Å². The molecule has 2 aliphatic rings. The Hall–Kier alpha value is -2.04. The molecule has 1 aliphatic heterocycles. The lowest BCUT2D eigenvalue weighted by Crippen LogP contribution is -2.44. The van der Waals surface area contributed by atoms with Crippen LogP contribution in [0.4, 0.5) is 4.79 Å². The average Bonchev–Trinajstić information content (AvgIpc) is 3.22. The summed E-state index contributed by atoms with van der Waals surface area (Å²) in [5.74, 6) is 0.971. The molecule has 1 aromatic carbocycles. The third-order valence-electron chi connectivity index (χ3n) is 5.07. The van der Waals surface area contributed by atoms with E-state index in [1.54, 1.807) is 0 Å². The van der Waals surface area contributed by atoms with Crippen LogP contribution in [0.3, 0.4) is 0 Å². The van der Waals surface area contributed by atoms with E-state index in [1.807, 2.05) is 29.2 Å². The van der Waals surface area contributed by atoms with Crippen LogP contribution in [-0.2, 0) is 0 Å². The number of hydrogen-bond acceptors (Lipinski definition) is 3. The number of oxazole rings is 1. The zero-order valence-electron chi connectivity index (χ0n) is 13.3. The number of nitrogens with zero attached hydrogens (tertiary/aromatic N) is 2. The lowest BCUT2D eigenvalue weighted by atomic mass is 9.96. The molecule has 0 spiro atoms. The highest BCUT2D eigenvalue weighted by Gasteiger charge is 2.31. The molecule has 1 saturated carbocycles. The Labute approximate surface area is 136 Å². The molecule has 23 heavy (non-hydrogen) atoms. The van der Waals surface area contributed by atoms with Gasteiger partial charge in [0.15, 0.2) is 11.5 Å². The molecule has 1 aromatic heterocycles. The van der Waals surface area contributed by atoms with Crippen LogP contribution >= 0.6 is 0 Å². The summed E-state index contributed by atoms with van der Waals surface area (Å²) in [5, 5.41) is 3.20. The fourth-order valence-corrected chi connectivity index (χ4v) is 3.72. The minimum atomic E-state index is 0.0792. The number of hydrogen-bond donors (Lipinski definition) is 1. The smallest absolute Gasteiger partial charge is 0.317 e. The Morgan fingerprint density at radius 2 is 2.00 bits per heavy atom. The first-order valence-electron chi connectivity index (χ1n) is 8.70. The van der Waals surface area contributed by atoms with Gasteiger partial charge < -0.3 is 14.6 Å². The van der Waals surface area contributed by atoms with Crippen LogP contribution in [0.15, 0.2) is 28.7 Å². The maximum absolute atomic E-state index is 12.4. The summed E-state index contributed by atoms with van der Waals surface area (Å²) in [6, 6.07) is 8.26. The van der Waals surface area contributed by atoms with Gasteiger partial charge in [0.25, 0.3) is 0 Å². The largest absolute Gasteiger partial charge is 0.440 e. The van der Waals surface area contributed by atoms with E-state index in [0.29, 0.717) is 12.6 Å². The SMILES string of the molecule is O=C(NC1CCCCC1)N1CC[C@H](c2nc3ccccc3o2)C1. The number of urea groups is 1. The minimum Gasteiger partial charge on any atom is -0.440 e. The third-order valence-corrected chi connectivity index (χ3v) is 5.07. The zero-order chi connectivity index (χ0) is 15.6. The van der Waals surface area contributed by atoms with E-state index in [-0.39, 0.29) is 11.9 Å². The summed E-state index contributed by atoms with van der Waals surface area (Å²) in [5.41, 5.74) is 1.72. The number of nitrogens with one attached hydrogen (secondary N) is 1. The highest BCUT2D eigenvalue weighted by atomic mass is 16.3. The first kappa shape index (κ1) is 14.5. The van der Waals surface area contributed by atoms with Gasteiger partial charge in [-0.15, -0.1) is 0 Å². The Kier molecular flexibility index (Phi) is 3.93. The Morgan fingerprint density at radius 1 is 1.17 bits per heavy atom. The third kappa shape index (κ3) is 3.05. The molecule has 0 radical (unpaired) electrons. The Balaban J connectivity index is 1.39. The second kappa shape index (κ2) is 6.22. The zero-order valence-corrected chi connectivity index (χ0v) is 13.3. The van der Waals surface area contributed by atoms with Gasteiger partial charge in [-0.25, -0.2) is 9.78 Å². The summed E-state index contributed by atoms with van der Waals surface area (Å²) < 4.78 is 5.86. The fourth-order valence-electron chi connectivity index (χ4n) is 3.72. The van der Waals surface area contributed by atoms with Crippen molar-refractivity contribution in [2.24, 2.45) is 0 Å². The van der Waals surface area contributed by atoms with E-state index < -0.39 is 0 Å². The van der Waals surface area contributed by atoms with Gasteiger partial charge in [-0.2, -0.15) is 0 Å². The number of aromatic nitrogens is 1. The Bertz CT molecular complexity index is 657. The van der Waals surface area contributed by atoms with Gasteiger partial charge in [0, 0.05) is 19.1 Å². The van der Waals surface area contributed by atoms with Crippen LogP contribution in [0.25, 0.3) is 11.1 Å². The maximum Gasteiger partial charge on any atom is 0.317 e. The first-order valence-corrected chi connectivity index (χ1v) is 8.70. The molecule has 0 bridgehead atoms. The summed E-state index contributed by atoms with van der Waals surface area (Å²) in [7, 11) is 0. The second-order valence-corrected chi connectivity index (χ2v) is 6.74. The van der Waals surface area contributed by atoms with E-state index in [9.17, 15) is 4.79 Å². The molecule has 5 nitrogen and oxygen atoms in total. The summed E-state index contributed by atoms with van der Waals surface area (Å²) in [6.07, 6.45) is 6.93. The number of amides is 2. The normalized spacial score (nSPS) is 22.6. The van der Waals surface area contributed by atoms with Crippen LogP contribution in [0, 0.1) is 0 Å². The van der Waals surface area contributed by atoms with Gasteiger partial charge in [0.1, 0.15) is 5.52 Å². The predicted octanol–water partition coefficient (Wildman–Crippen LogP) is 3.66. The lowest BCUT2D eigenvalue weighted by Gasteiger charge is -2.26. The summed E-state index contributed by atoms with van der Waals surface area (Å²) >= 11 is 0. The number of fused-ring (bicyclic) bond motifs is 1. The van der Waals surface area contributed by atoms with Crippen molar-refractivity contribution < 1.29 is 9.21 Å². The predicted molar refractivity (Wildman–Crippen MR) is 88.3 cm³/mol. The van der Waals surface area contributed by atoms with Crippen LogP contribution in [0.2, 0.25) is 0 Å². The fraction of sp³-hybridized carbons (Fsp3) is 0.556. The number of para-hydroxylation sites is 2. The second-order valence-electron chi connectivity index (χ2n) is 6.74. The van der Waals surface area contributed by atoms with Gasteiger partial charge in [-0.05, 0) is 31.4 Å². The quantitative estimate of drug-likeness (QED) is 0.920. The molecule has 1 aliphatic carbocycles. The molecule has 2 amide bonds. The van der Waals surface area contributed by atoms with Crippen molar-refractivity contribution in [3.8, 4) is 0 Å². The number of rotatable bonds is 2. The van der Waals surface area contributed by atoms with Crippen molar-refractivity contribution in [2.75, 3.05) is 13.1 Å². The molecule has 122 valence electrons. The first-order chi connectivity index (χ1) is 11.3. The van der Waals surface area contributed by atoms with Crippen molar-refractivity contribution in [3.63, 3.8) is 0 Å². The highest BCUT2D eigenvalue weighted by Crippen LogP contribution is 2.29. The van der Waals surface area contributed by atoms with E-state index in [1.165, 1.54) is 19.3 Å². The molecule has 5 heteroatoms. The monoisotopic (exact) mass is 313 g/mol. The molecule has 2 heterocycles. The average molecular weight is 313 g/mol. The number of carbonyl (C=O) groups is 1. The van der Waals surface area contributed by atoms with Crippen LogP contribution in [0.5, 0.6) is 0 Å². The van der Waals surface area contributed by atoms with E-state index in [4.69, 9.17) is 4.42 Å². The van der Waals surface area contributed by atoms with Gasteiger partial charge in [0.05, 0.1) is 5.92 Å². The molecule has 1 atom stereocenters. The van der Waals surface area contributed by atoms with Crippen molar-refractivity contribution in [3.05, 3.63) is 30.2 Å². The van der Waals surface area contributed by atoms with Gasteiger partial charge >= 0.3 is 6.03 Å². The molecule has 0 unspecified atom stereocenters. The van der Waals surface area contributed by atoms with Crippen LogP contribution < -0.4 is 5.32 Å². The van der Waals surface area contributed by atoms with Crippen molar-refractivity contribution in [1.82, 2.24) is 15.2 Å². The Morgan fingerprint density at radius 3 is 2.83 bits per heavy atom. The van der Waals surface area contributed by atoms with Crippen LogP contribution in [-0.4, -0.2) is 35.0 Å². The van der Waals surface area contributed by atoms with E-state index >= 15 is 0 Å². The summed E-state index contributed by atoms with van der Waals surface area (Å²) in [6.45, 7) is 1.48. The molecule has 1 N–H and O–H groups in total. The molecular formula is C18H23N3O2. The lowest BCUT2D eigenvalue weighted by molar-refractivity contribution is 0.199. The van der Waals surface area contributed by atoms with E-state index in [0.717, 1.165) is 42.8 Å². The van der Waals surface area contributed by atoms with Crippen LogP contribution in [0.1, 0.15) is 50.3 Å². The topological polar surface area (TPSA) is 58.4 Å². The minimum absolute atomic E-state index is 0.0792. The standard InChI is InChI=1S/C18H23N3O2/c22-18(19-14-6-2-1-3-7-14)21-11-10-13(12-21)17-20-15-8-4-5-9-16(15)23-17/h4-5,8-9,13-14H,1-3,6-7,10-12H2,(H,19,22)/t13-/m0/s1. The van der Waals surface area contributed by atoms with Crippen molar-refractivity contribution in [1.29, 1.82) is 0 Å². The van der Waals surface area contributed by atoms with Gasteiger partial charge in [-0.3, -0.25) is 0 Å². The molecule has 2 aromatic rings. The molecular weight excluding hydrogens is 290 g/mol. The highest BCUT2D eigenvalue weighted by molar-refractivity contribution is 5.75. The van der Waals surface area contributed by atoms with Gasteiger partial charge in [-0.1, -0.05) is 31.4 Å².